The number of carbonyl (C=O) groups is 1. The maximum atomic E-state index is 12.3. The molecule has 2 heterocycles. The molecule has 1 atom stereocenters. The molecule has 21 heavy (non-hydrogen) atoms. The Morgan fingerprint density at radius 3 is 2.57 bits per heavy atom. The van der Waals surface area contributed by atoms with Crippen LogP contribution in [0, 0.1) is 5.92 Å². The summed E-state index contributed by atoms with van der Waals surface area (Å²) in [6, 6.07) is 10.7. The SMILES string of the molecule is O=C(CCC1CCNC1)N1CCC(c2ccccc2)CC1. The van der Waals surface area contributed by atoms with Gasteiger partial charge in [0.2, 0.25) is 5.91 Å². The Labute approximate surface area is 127 Å². The molecule has 0 spiro atoms. The summed E-state index contributed by atoms with van der Waals surface area (Å²) in [4.78, 5) is 14.4. The normalized spacial score (nSPS) is 23.4. The van der Waals surface area contributed by atoms with Crippen LogP contribution in [0.25, 0.3) is 0 Å². The first-order valence-electron chi connectivity index (χ1n) is 8.36. The van der Waals surface area contributed by atoms with Gasteiger partial charge in [-0.1, -0.05) is 30.3 Å². The third kappa shape index (κ3) is 3.85. The zero-order valence-corrected chi connectivity index (χ0v) is 12.8. The highest BCUT2D eigenvalue weighted by atomic mass is 16.2. The lowest BCUT2D eigenvalue weighted by Gasteiger charge is -2.32. The van der Waals surface area contributed by atoms with Crippen LogP contribution in [-0.4, -0.2) is 37.0 Å². The van der Waals surface area contributed by atoms with E-state index in [4.69, 9.17) is 0 Å². The number of benzene rings is 1. The number of piperidine rings is 1. The van der Waals surface area contributed by atoms with E-state index >= 15 is 0 Å². The maximum Gasteiger partial charge on any atom is 0.222 e. The summed E-state index contributed by atoms with van der Waals surface area (Å²) in [5.74, 6) is 1.72. The fourth-order valence-electron chi connectivity index (χ4n) is 3.63. The Morgan fingerprint density at radius 2 is 1.90 bits per heavy atom. The van der Waals surface area contributed by atoms with Crippen LogP contribution in [0.15, 0.2) is 30.3 Å². The molecule has 0 radical (unpaired) electrons. The Balaban J connectivity index is 1.43. The molecular formula is C18H26N2O. The molecule has 0 aromatic heterocycles. The molecule has 3 rings (SSSR count). The average molecular weight is 286 g/mol. The molecule has 0 saturated carbocycles. The predicted octanol–water partition coefficient (Wildman–Crippen LogP) is 2.78. The molecule has 114 valence electrons. The number of hydrogen-bond donors (Lipinski definition) is 1. The average Bonchev–Trinajstić information content (AvgIpc) is 3.07. The second-order valence-electron chi connectivity index (χ2n) is 6.46. The van der Waals surface area contributed by atoms with Crippen molar-refractivity contribution in [2.75, 3.05) is 26.2 Å². The van der Waals surface area contributed by atoms with Crippen LogP contribution < -0.4 is 5.32 Å². The Bertz CT molecular complexity index is 446. The first-order valence-corrected chi connectivity index (χ1v) is 8.36. The molecule has 1 amide bonds. The first-order chi connectivity index (χ1) is 10.3. The molecule has 3 heteroatoms. The van der Waals surface area contributed by atoms with Crippen LogP contribution in [0.3, 0.4) is 0 Å². The van der Waals surface area contributed by atoms with Gasteiger partial charge in [-0.2, -0.15) is 0 Å². The molecule has 1 unspecified atom stereocenters. The van der Waals surface area contributed by atoms with E-state index in [9.17, 15) is 4.79 Å². The van der Waals surface area contributed by atoms with E-state index in [-0.39, 0.29) is 0 Å². The van der Waals surface area contributed by atoms with Gasteiger partial charge in [-0.3, -0.25) is 4.79 Å². The predicted molar refractivity (Wildman–Crippen MR) is 85.2 cm³/mol. The molecule has 2 fully saturated rings. The monoisotopic (exact) mass is 286 g/mol. The summed E-state index contributed by atoms with van der Waals surface area (Å²) in [5.41, 5.74) is 1.43. The van der Waals surface area contributed by atoms with Gasteiger partial charge in [0.25, 0.3) is 0 Å². The second kappa shape index (κ2) is 7.08. The van der Waals surface area contributed by atoms with Crippen LogP contribution in [0.4, 0.5) is 0 Å². The van der Waals surface area contributed by atoms with Gasteiger partial charge >= 0.3 is 0 Å². The molecule has 3 nitrogen and oxygen atoms in total. The van der Waals surface area contributed by atoms with Crippen molar-refractivity contribution in [2.24, 2.45) is 5.92 Å². The minimum atomic E-state index is 0.369. The topological polar surface area (TPSA) is 32.3 Å². The van der Waals surface area contributed by atoms with E-state index in [1.165, 1.54) is 12.0 Å². The van der Waals surface area contributed by atoms with Gasteiger partial charge in [-0.15, -0.1) is 0 Å². The summed E-state index contributed by atoms with van der Waals surface area (Å²) < 4.78 is 0. The fraction of sp³-hybridized carbons (Fsp3) is 0.611. The minimum Gasteiger partial charge on any atom is -0.343 e. The van der Waals surface area contributed by atoms with Crippen molar-refractivity contribution in [1.82, 2.24) is 10.2 Å². The van der Waals surface area contributed by atoms with Crippen molar-refractivity contribution < 1.29 is 4.79 Å². The molecular weight excluding hydrogens is 260 g/mol. The number of carbonyl (C=O) groups excluding carboxylic acids is 1. The van der Waals surface area contributed by atoms with Crippen molar-refractivity contribution in [2.45, 2.75) is 38.0 Å². The van der Waals surface area contributed by atoms with E-state index in [0.717, 1.165) is 57.8 Å². The number of amides is 1. The number of nitrogens with zero attached hydrogens (tertiary/aromatic N) is 1. The van der Waals surface area contributed by atoms with Gasteiger partial charge in [-0.25, -0.2) is 0 Å². The third-order valence-electron chi connectivity index (χ3n) is 5.05. The van der Waals surface area contributed by atoms with Gasteiger partial charge < -0.3 is 10.2 Å². The van der Waals surface area contributed by atoms with E-state index in [2.05, 4.69) is 40.5 Å². The van der Waals surface area contributed by atoms with Crippen LogP contribution >= 0.6 is 0 Å². The van der Waals surface area contributed by atoms with Gasteiger partial charge in [0, 0.05) is 19.5 Å². The van der Waals surface area contributed by atoms with Crippen molar-refractivity contribution in [3.8, 4) is 0 Å². The molecule has 1 aromatic carbocycles. The van der Waals surface area contributed by atoms with Crippen LogP contribution in [-0.2, 0) is 4.79 Å². The highest BCUT2D eigenvalue weighted by Gasteiger charge is 2.24. The fourth-order valence-corrected chi connectivity index (χ4v) is 3.63. The molecule has 0 aliphatic carbocycles. The number of nitrogens with one attached hydrogen (secondary N) is 1. The molecule has 2 aliphatic heterocycles. The van der Waals surface area contributed by atoms with Crippen molar-refractivity contribution in [1.29, 1.82) is 0 Å². The van der Waals surface area contributed by atoms with Crippen molar-refractivity contribution in [3.05, 3.63) is 35.9 Å². The van der Waals surface area contributed by atoms with E-state index in [0.29, 0.717) is 11.8 Å². The lowest BCUT2D eigenvalue weighted by molar-refractivity contribution is -0.132. The summed E-state index contributed by atoms with van der Waals surface area (Å²) in [5, 5.41) is 3.37. The zero-order chi connectivity index (χ0) is 14.5. The van der Waals surface area contributed by atoms with E-state index in [1.54, 1.807) is 0 Å². The number of rotatable bonds is 4. The summed E-state index contributed by atoms with van der Waals surface area (Å²) in [7, 11) is 0. The first kappa shape index (κ1) is 14.6. The smallest absolute Gasteiger partial charge is 0.222 e. The molecule has 0 bridgehead atoms. The standard InChI is InChI=1S/C18H26N2O/c21-18(7-6-15-8-11-19-14-15)20-12-9-17(10-13-20)16-4-2-1-3-5-16/h1-5,15,17,19H,6-14H2. The van der Waals surface area contributed by atoms with Crippen molar-refractivity contribution in [3.63, 3.8) is 0 Å². The van der Waals surface area contributed by atoms with Gasteiger partial charge in [0.15, 0.2) is 0 Å². The molecule has 2 aliphatic rings. The van der Waals surface area contributed by atoms with Crippen LogP contribution in [0.5, 0.6) is 0 Å². The minimum absolute atomic E-state index is 0.369. The Hall–Kier alpha value is -1.35. The maximum absolute atomic E-state index is 12.3. The van der Waals surface area contributed by atoms with Gasteiger partial charge in [0.05, 0.1) is 0 Å². The Morgan fingerprint density at radius 1 is 1.14 bits per heavy atom. The highest BCUT2D eigenvalue weighted by molar-refractivity contribution is 5.76. The van der Waals surface area contributed by atoms with E-state index < -0.39 is 0 Å². The lowest BCUT2D eigenvalue weighted by Crippen LogP contribution is -2.38. The highest BCUT2D eigenvalue weighted by Crippen LogP contribution is 2.28. The van der Waals surface area contributed by atoms with Crippen LogP contribution in [0.2, 0.25) is 0 Å². The Kier molecular flexibility index (Phi) is 4.91. The van der Waals surface area contributed by atoms with Gasteiger partial charge in [0.1, 0.15) is 0 Å². The molecule has 1 N–H and O–H groups in total. The zero-order valence-electron chi connectivity index (χ0n) is 12.8. The summed E-state index contributed by atoms with van der Waals surface area (Å²) >= 11 is 0. The lowest BCUT2D eigenvalue weighted by atomic mass is 9.89. The summed E-state index contributed by atoms with van der Waals surface area (Å²) in [6.07, 6.45) is 5.26. The van der Waals surface area contributed by atoms with Crippen LogP contribution in [0.1, 0.15) is 43.6 Å². The largest absolute Gasteiger partial charge is 0.343 e. The quantitative estimate of drug-likeness (QED) is 0.923. The van der Waals surface area contributed by atoms with Crippen molar-refractivity contribution >= 4 is 5.91 Å². The molecule has 2 saturated heterocycles. The third-order valence-corrected chi connectivity index (χ3v) is 5.05. The number of likely N-dealkylation sites (tertiary alicyclic amines) is 1. The molecule has 1 aromatic rings. The second-order valence-corrected chi connectivity index (χ2v) is 6.46. The number of hydrogen-bond acceptors (Lipinski definition) is 2. The van der Waals surface area contributed by atoms with Gasteiger partial charge in [-0.05, 0) is 56.2 Å². The van der Waals surface area contributed by atoms with E-state index in [1.807, 2.05) is 0 Å². The summed E-state index contributed by atoms with van der Waals surface area (Å²) in [6.45, 7) is 4.09.